The van der Waals surface area contributed by atoms with Crippen molar-refractivity contribution in [1.82, 2.24) is 10.3 Å². The fraction of sp³-hybridized carbons (Fsp3) is 0.455. The van der Waals surface area contributed by atoms with E-state index in [9.17, 15) is 18.0 Å². The topological polar surface area (TPSA) is 68.0 Å². The Balaban J connectivity index is 2.59. The van der Waals surface area contributed by atoms with Gasteiger partial charge in [0.25, 0.3) is 5.91 Å². The minimum atomic E-state index is -4.30. The highest BCUT2D eigenvalue weighted by atomic mass is 19.4. The van der Waals surface area contributed by atoms with Crippen molar-refractivity contribution in [2.45, 2.75) is 32.1 Å². The van der Waals surface area contributed by atoms with E-state index in [0.717, 1.165) is 5.56 Å². The van der Waals surface area contributed by atoms with Crippen LogP contribution in [-0.4, -0.2) is 23.1 Å². The number of carbonyl (C=O) groups excluding carboxylic acids is 1. The summed E-state index contributed by atoms with van der Waals surface area (Å²) in [6.07, 6.45) is -3.95. The third-order valence-electron chi connectivity index (χ3n) is 2.21. The summed E-state index contributed by atoms with van der Waals surface area (Å²) in [5.41, 5.74) is 6.18. The molecule has 0 fully saturated rings. The van der Waals surface area contributed by atoms with E-state index in [-0.39, 0.29) is 5.69 Å². The van der Waals surface area contributed by atoms with Gasteiger partial charge in [-0.3, -0.25) is 9.78 Å². The monoisotopic (exact) mass is 261 g/mol. The van der Waals surface area contributed by atoms with Crippen LogP contribution in [0.25, 0.3) is 0 Å². The zero-order valence-corrected chi connectivity index (χ0v) is 9.79. The molecule has 0 aromatic carbocycles. The first-order valence-electron chi connectivity index (χ1n) is 5.34. The van der Waals surface area contributed by atoms with Crippen molar-refractivity contribution in [3.05, 3.63) is 29.6 Å². The van der Waals surface area contributed by atoms with Crippen molar-refractivity contribution in [2.75, 3.05) is 0 Å². The Bertz CT molecular complexity index is 403. The summed E-state index contributed by atoms with van der Waals surface area (Å²) in [6.45, 7) is 1.58. The number of halogens is 3. The standard InChI is InChI=1S/C11H14F3N3O/c1-7(4-11(12,13)14)17-10(18)9-3-2-8(5-15)6-16-9/h2-3,6-7H,4-5,15H2,1H3,(H,17,18). The summed E-state index contributed by atoms with van der Waals surface area (Å²) in [7, 11) is 0. The summed E-state index contributed by atoms with van der Waals surface area (Å²) in [5, 5.41) is 2.24. The molecule has 1 aromatic heterocycles. The number of amides is 1. The molecule has 1 rings (SSSR count). The summed E-state index contributed by atoms with van der Waals surface area (Å²) in [6, 6.07) is 2.04. The van der Waals surface area contributed by atoms with Crippen molar-refractivity contribution in [1.29, 1.82) is 0 Å². The van der Waals surface area contributed by atoms with Crippen molar-refractivity contribution >= 4 is 5.91 Å². The molecule has 1 atom stereocenters. The molecule has 7 heteroatoms. The molecule has 4 nitrogen and oxygen atoms in total. The van der Waals surface area contributed by atoms with Crippen LogP contribution >= 0.6 is 0 Å². The van der Waals surface area contributed by atoms with Gasteiger partial charge in [-0.2, -0.15) is 13.2 Å². The van der Waals surface area contributed by atoms with Crippen LogP contribution in [0.4, 0.5) is 13.2 Å². The number of hydrogen-bond acceptors (Lipinski definition) is 3. The molecule has 0 saturated heterocycles. The molecule has 1 unspecified atom stereocenters. The lowest BCUT2D eigenvalue weighted by Crippen LogP contribution is -2.36. The van der Waals surface area contributed by atoms with E-state index in [1.807, 2.05) is 0 Å². The molecule has 0 aliphatic heterocycles. The Morgan fingerprint density at radius 3 is 2.61 bits per heavy atom. The average Bonchev–Trinajstić information content (AvgIpc) is 2.26. The molecule has 0 aliphatic rings. The second kappa shape index (κ2) is 5.81. The maximum absolute atomic E-state index is 12.1. The Hall–Kier alpha value is -1.63. The van der Waals surface area contributed by atoms with Gasteiger partial charge in [-0.15, -0.1) is 0 Å². The lowest BCUT2D eigenvalue weighted by molar-refractivity contribution is -0.138. The maximum Gasteiger partial charge on any atom is 0.391 e. The first-order valence-corrected chi connectivity index (χ1v) is 5.34. The summed E-state index contributed by atoms with van der Waals surface area (Å²) in [5.74, 6) is -0.629. The molecule has 1 aromatic rings. The molecule has 1 heterocycles. The lowest BCUT2D eigenvalue weighted by atomic mass is 10.2. The summed E-state index contributed by atoms with van der Waals surface area (Å²) < 4.78 is 36.2. The van der Waals surface area contributed by atoms with Gasteiger partial charge < -0.3 is 11.1 Å². The fourth-order valence-corrected chi connectivity index (χ4v) is 1.38. The molecule has 0 bridgehead atoms. The number of pyridine rings is 1. The largest absolute Gasteiger partial charge is 0.391 e. The molecule has 0 saturated carbocycles. The van der Waals surface area contributed by atoms with Gasteiger partial charge in [0, 0.05) is 18.8 Å². The zero-order valence-electron chi connectivity index (χ0n) is 9.79. The van der Waals surface area contributed by atoms with E-state index >= 15 is 0 Å². The van der Waals surface area contributed by atoms with Crippen LogP contribution in [-0.2, 0) is 6.54 Å². The Morgan fingerprint density at radius 2 is 2.17 bits per heavy atom. The normalized spacial score (nSPS) is 13.2. The number of nitrogens with zero attached hydrogens (tertiary/aromatic N) is 1. The Kier molecular flexibility index (Phi) is 4.66. The van der Waals surface area contributed by atoms with Crippen LogP contribution in [0.2, 0.25) is 0 Å². The van der Waals surface area contributed by atoms with E-state index < -0.39 is 24.5 Å². The van der Waals surface area contributed by atoms with Gasteiger partial charge in [-0.25, -0.2) is 0 Å². The number of nitrogens with one attached hydrogen (secondary N) is 1. The molecule has 1 amide bonds. The lowest BCUT2D eigenvalue weighted by Gasteiger charge is -2.15. The third-order valence-corrected chi connectivity index (χ3v) is 2.21. The molecule has 3 N–H and O–H groups in total. The minimum absolute atomic E-state index is 0.0706. The van der Waals surface area contributed by atoms with Gasteiger partial charge >= 0.3 is 6.18 Å². The summed E-state index contributed by atoms with van der Waals surface area (Å²) in [4.78, 5) is 15.4. The van der Waals surface area contributed by atoms with E-state index in [4.69, 9.17) is 5.73 Å². The molecule has 0 aliphatic carbocycles. The van der Waals surface area contributed by atoms with Crippen molar-refractivity contribution in [3.8, 4) is 0 Å². The van der Waals surface area contributed by atoms with Crippen LogP contribution in [0.5, 0.6) is 0 Å². The van der Waals surface area contributed by atoms with E-state index in [1.54, 1.807) is 6.07 Å². The molecular weight excluding hydrogens is 247 g/mol. The number of alkyl halides is 3. The summed E-state index contributed by atoms with van der Waals surface area (Å²) >= 11 is 0. The Labute approximate surface area is 102 Å². The quantitative estimate of drug-likeness (QED) is 0.865. The van der Waals surface area contributed by atoms with Gasteiger partial charge in [-0.05, 0) is 18.6 Å². The highest BCUT2D eigenvalue weighted by molar-refractivity contribution is 5.92. The fourth-order valence-electron chi connectivity index (χ4n) is 1.38. The van der Waals surface area contributed by atoms with Gasteiger partial charge in [0.1, 0.15) is 5.69 Å². The predicted molar refractivity (Wildman–Crippen MR) is 59.7 cm³/mol. The first-order chi connectivity index (χ1) is 8.31. The SMILES string of the molecule is CC(CC(F)(F)F)NC(=O)c1ccc(CN)cn1. The molecule has 0 spiro atoms. The van der Waals surface area contributed by atoms with Crippen molar-refractivity contribution in [3.63, 3.8) is 0 Å². The minimum Gasteiger partial charge on any atom is -0.348 e. The first kappa shape index (κ1) is 14.4. The van der Waals surface area contributed by atoms with Crippen LogP contribution < -0.4 is 11.1 Å². The van der Waals surface area contributed by atoms with Crippen LogP contribution in [0, 0.1) is 0 Å². The third kappa shape index (κ3) is 4.70. The van der Waals surface area contributed by atoms with Gasteiger partial charge in [0.15, 0.2) is 0 Å². The van der Waals surface area contributed by atoms with Crippen LogP contribution in [0.1, 0.15) is 29.4 Å². The second-order valence-electron chi connectivity index (χ2n) is 3.95. The maximum atomic E-state index is 12.1. The molecule has 100 valence electrons. The van der Waals surface area contributed by atoms with Gasteiger partial charge in [0.05, 0.1) is 6.42 Å². The number of rotatable bonds is 4. The average molecular weight is 261 g/mol. The van der Waals surface area contributed by atoms with E-state index in [1.165, 1.54) is 19.2 Å². The number of nitrogens with two attached hydrogens (primary N) is 1. The van der Waals surface area contributed by atoms with E-state index in [2.05, 4.69) is 10.3 Å². The van der Waals surface area contributed by atoms with Crippen LogP contribution in [0.3, 0.4) is 0 Å². The molecular formula is C11H14F3N3O. The Morgan fingerprint density at radius 1 is 1.50 bits per heavy atom. The van der Waals surface area contributed by atoms with E-state index in [0.29, 0.717) is 6.54 Å². The number of hydrogen-bond donors (Lipinski definition) is 2. The van der Waals surface area contributed by atoms with Gasteiger partial charge in [0.2, 0.25) is 0 Å². The zero-order chi connectivity index (χ0) is 13.8. The smallest absolute Gasteiger partial charge is 0.348 e. The molecule has 0 radical (unpaired) electrons. The highest BCUT2D eigenvalue weighted by Crippen LogP contribution is 2.21. The number of carbonyl (C=O) groups is 1. The van der Waals surface area contributed by atoms with Crippen LogP contribution in [0.15, 0.2) is 18.3 Å². The number of aromatic nitrogens is 1. The highest BCUT2D eigenvalue weighted by Gasteiger charge is 2.30. The second-order valence-corrected chi connectivity index (χ2v) is 3.95. The van der Waals surface area contributed by atoms with Crippen molar-refractivity contribution < 1.29 is 18.0 Å². The van der Waals surface area contributed by atoms with Gasteiger partial charge in [-0.1, -0.05) is 6.07 Å². The predicted octanol–water partition coefficient (Wildman–Crippen LogP) is 1.61. The van der Waals surface area contributed by atoms with Crippen molar-refractivity contribution in [2.24, 2.45) is 5.73 Å². The molecule has 18 heavy (non-hydrogen) atoms.